The van der Waals surface area contributed by atoms with Gasteiger partial charge in [0, 0.05) is 12.6 Å². The van der Waals surface area contributed by atoms with Gasteiger partial charge < -0.3 is 10.2 Å². The van der Waals surface area contributed by atoms with Crippen LogP contribution in [0.4, 0.5) is 0 Å². The van der Waals surface area contributed by atoms with Crippen molar-refractivity contribution in [1.82, 2.24) is 20.4 Å². The molecule has 1 atom stereocenters. The second kappa shape index (κ2) is 5.88. The van der Waals surface area contributed by atoms with Gasteiger partial charge in [-0.3, -0.25) is 4.79 Å². The number of halogens is 1. The zero-order valence-corrected chi connectivity index (χ0v) is 14.2. The zero-order chi connectivity index (χ0) is 15.1. The lowest BCUT2D eigenvalue weighted by atomic mass is 9.84. The zero-order valence-electron chi connectivity index (χ0n) is 11.8. The summed E-state index contributed by atoms with van der Waals surface area (Å²) in [6, 6.07) is 4.05. The van der Waals surface area contributed by atoms with Crippen LogP contribution in [0.25, 0.3) is 9.88 Å². The Kier molecular flexibility index (Phi) is 3.89. The van der Waals surface area contributed by atoms with E-state index < -0.39 is 0 Å². The average Bonchev–Trinajstić information content (AvgIpc) is 3.17. The van der Waals surface area contributed by atoms with E-state index in [1.54, 1.807) is 0 Å². The number of carbonyl (C=O) groups is 1. The molecule has 1 unspecified atom stereocenters. The smallest absolute Gasteiger partial charge is 0.261 e. The minimum Gasteiger partial charge on any atom is -0.347 e. The van der Waals surface area contributed by atoms with E-state index in [4.69, 9.17) is 11.6 Å². The summed E-state index contributed by atoms with van der Waals surface area (Å²) in [5, 5.41) is 11.8. The first-order chi connectivity index (χ1) is 10.7. The molecule has 3 fully saturated rings. The predicted molar refractivity (Wildman–Crippen MR) is 88.7 cm³/mol. The van der Waals surface area contributed by atoms with Crippen molar-refractivity contribution in [2.75, 3.05) is 19.6 Å². The number of carbonyl (C=O) groups excluding carboxylic acids is 1. The maximum atomic E-state index is 12.5. The van der Waals surface area contributed by atoms with E-state index in [-0.39, 0.29) is 11.9 Å². The van der Waals surface area contributed by atoms with Gasteiger partial charge in [0.1, 0.15) is 0 Å². The van der Waals surface area contributed by atoms with Crippen LogP contribution in [-0.2, 0) is 0 Å². The quantitative estimate of drug-likeness (QED) is 0.920. The predicted octanol–water partition coefficient (Wildman–Crippen LogP) is 2.74. The van der Waals surface area contributed by atoms with Gasteiger partial charge in [-0.05, 0) is 55.6 Å². The number of piperidine rings is 3. The maximum Gasteiger partial charge on any atom is 0.261 e. The van der Waals surface area contributed by atoms with E-state index in [9.17, 15) is 4.79 Å². The molecule has 0 saturated carbocycles. The molecule has 2 aromatic heterocycles. The Morgan fingerprint density at radius 3 is 2.73 bits per heavy atom. The fourth-order valence-electron chi connectivity index (χ4n) is 3.25. The van der Waals surface area contributed by atoms with Gasteiger partial charge in [0.05, 0.1) is 9.75 Å². The highest BCUT2D eigenvalue weighted by molar-refractivity contribution is 7.24. The SMILES string of the molecule is O=C(NC1CN2CCC1CC2)c1ccc(-c2nnc(Cl)s2)s1. The number of nitrogens with one attached hydrogen (secondary N) is 1. The Balaban J connectivity index is 1.46. The molecule has 5 heterocycles. The van der Waals surface area contributed by atoms with Gasteiger partial charge in [0.15, 0.2) is 5.01 Å². The van der Waals surface area contributed by atoms with E-state index in [0.717, 1.165) is 21.3 Å². The summed E-state index contributed by atoms with van der Waals surface area (Å²) in [5.74, 6) is 0.654. The highest BCUT2D eigenvalue weighted by Gasteiger charge is 2.35. The second-order valence-corrected chi connectivity index (χ2v) is 8.39. The van der Waals surface area contributed by atoms with Crippen LogP contribution in [0.1, 0.15) is 22.5 Å². The molecule has 5 rings (SSSR count). The van der Waals surface area contributed by atoms with Gasteiger partial charge in [-0.1, -0.05) is 11.3 Å². The molecule has 22 heavy (non-hydrogen) atoms. The summed E-state index contributed by atoms with van der Waals surface area (Å²) < 4.78 is 0.418. The molecule has 1 amide bonds. The summed E-state index contributed by atoms with van der Waals surface area (Å²) in [5.41, 5.74) is 0. The number of hydrogen-bond acceptors (Lipinski definition) is 6. The Labute approximate surface area is 141 Å². The van der Waals surface area contributed by atoms with Crippen LogP contribution < -0.4 is 5.32 Å². The van der Waals surface area contributed by atoms with Gasteiger partial charge in [-0.2, -0.15) is 0 Å². The third-order valence-electron chi connectivity index (χ3n) is 4.41. The second-order valence-electron chi connectivity index (χ2n) is 5.74. The van der Waals surface area contributed by atoms with Crippen LogP contribution in [0.5, 0.6) is 0 Å². The van der Waals surface area contributed by atoms with Gasteiger partial charge in [0.25, 0.3) is 5.91 Å². The van der Waals surface area contributed by atoms with Crippen molar-refractivity contribution in [3.63, 3.8) is 0 Å². The van der Waals surface area contributed by atoms with Crippen molar-refractivity contribution < 1.29 is 4.79 Å². The fourth-order valence-corrected chi connectivity index (χ4v) is 5.04. The molecule has 2 bridgehead atoms. The minimum atomic E-state index is 0.0191. The lowest BCUT2D eigenvalue weighted by molar-refractivity contribution is 0.0622. The van der Waals surface area contributed by atoms with Crippen molar-refractivity contribution in [2.24, 2.45) is 5.92 Å². The molecular formula is C14H15ClN4OS2. The van der Waals surface area contributed by atoms with Gasteiger partial charge in [0.2, 0.25) is 4.47 Å². The third kappa shape index (κ3) is 2.78. The number of amides is 1. The van der Waals surface area contributed by atoms with E-state index in [2.05, 4.69) is 20.4 Å². The number of nitrogens with zero attached hydrogens (tertiary/aromatic N) is 3. The van der Waals surface area contributed by atoms with Crippen molar-refractivity contribution in [1.29, 1.82) is 0 Å². The maximum absolute atomic E-state index is 12.5. The van der Waals surface area contributed by atoms with Crippen LogP contribution in [-0.4, -0.2) is 46.7 Å². The Bertz CT molecular complexity index is 693. The molecule has 116 valence electrons. The highest BCUT2D eigenvalue weighted by Crippen LogP contribution is 2.32. The number of thiophene rings is 1. The summed E-state index contributed by atoms with van der Waals surface area (Å²) >= 11 is 8.58. The van der Waals surface area contributed by atoms with Crippen molar-refractivity contribution in [2.45, 2.75) is 18.9 Å². The fraction of sp³-hybridized carbons (Fsp3) is 0.500. The number of fused-ring (bicyclic) bond motifs is 3. The van der Waals surface area contributed by atoms with Crippen LogP contribution in [0.15, 0.2) is 12.1 Å². The van der Waals surface area contributed by atoms with Crippen molar-refractivity contribution >= 4 is 40.2 Å². The summed E-state index contributed by atoms with van der Waals surface area (Å²) in [6.45, 7) is 3.34. The van der Waals surface area contributed by atoms with Crippen LogP contribution in [0.3, 0.4) is 0 Å². The first kappa shape index (κ1) is 14.6. The third-order valence-corrected chi connectivity index (χ3v) is 6.69. The van der Waals surface area contributed by atoms with Crippen molar-refractivity contribution in [3.8, 4) is 9.88 Å². The van der Waals surface area contributed by atoms with Gasteiger partial charge in [-0.25, -0.2) is 0 Å². The lowest BCUT2D eigenvalue weighted by Gasteiger charge is -2.44. The minimum absolute atomic E-state index is 0.0191. The van der Waals surface area contributed by atoms with E-state index in [0.29, 0.717) is 10.4 Å². The van der Waals surface area contributed by atoms with Gasteiger partial charge in [-0.15, -0.1) is 21.5 Å². The summed E-state index contributed by atoms with van der Waals surface area (Å²) in [4.78, 5) is 16.6. The topological polar surface area (TPSA) is 58.1 Å². The first-order valence-electron chi connectivity index (χ1n) is 7.31. The standard InChI is InChI=1S/C14H15ClN4OS2/c15-14-18-17-13(22-14)11-2-1-10(21-11)12(20)16-9-7-19-5-3-8(9)4-6-19/h1-2,8-9H,3-7H2,(H,16,20). The molecule has 3 aliphatic heterocycles. The molecule has 5 nitrogen and oxygen atoms in total. The number of rotatable bonds is 3. The summed E-state index contributed by atoms with van der Waals surface area (Å²) in [6.07, 6.45) is 2.40. The number of hydrogen-bond donors (Lipinski definition) is 1. The molecule has 0 aliphatic carbocycles. The van der Waals surface area contributed by atoms with E-state index in [1.807, 2.05) is 12.1 Å². The molecule has 0 spiro atoms. The normalized spacial score (nSPS) is 27.0. The molecule has 0 radical (unpaired) electrons. The Hall–Kier alpha value is -1.02. The molecule has 3 aliphatic rings. The lowest BCUT2D eigenvalue weighted by Crippen LogP contribution is -2.57. The molecular weight excluding hydrogens is 340 g/mol. The number of aromatic nitrogens is 2. The van der Waals surface area contributed by atoms with Crippen molar-refractivity contribution in [3.05, 3.63) is 21.5 Å². The molecule has 1 N–H and O–H groups in total. The summed E-state index contributed by atoms with van der Waals surface area (Å²) in [7, 11) is 0. The molecule has 8 heteroatoms. The molecule has 2 aromatic rings. The first-order valence-corrected chi connectivity index (χ1v) is 9.32. The molecule has 3 saturated heterocycles. The Morgan fingerprint density at radius 2 is 2.09 bits per heavy atom. The molecule has 0 aromatic carbocycles. The van der Waals surface area contributed by atoms with Crippen LogP contribution in [0, 0.1) is 5.92 Å². The highest BCUT2D eigenvalue weighted by atomic mass is 35.5. The van der Waals surface area contributed by atoms with Crippen LogP contribution >= 0.6 is 34.3 Å². The average molecular weight is 355 g/mol. The van der Waals surface area contributed by atoms with E-state index >= 15 is 0 Å². The van der Waals surface area contributed by atoms with E-state index in [1.165, 1.54) is 48.6 Å². The monoisotopic (exact) mass is 354 g/mol. The van der Waals surface area contributed by atoms with Gasteiger partial charge >= 0.3 is 0 Å². The Morgan fingerprint density at radius 1 is 1.27 bits per heavy atom. The largest absolute Gasteiger partial charge is 0.347 e. The van der Waals surface area contributed by atoms with Crippen LogP contribution in [0.2, 0.25) is 4.47 Å².